The number of aryl methyl sites for hydroxylation is 2. The molecular weight excluding hydrogens is 158 g/mol. The van der Waals surface area contributed by atoms with Crippen molar-refractivity contribution in [2.24, 2.45) is 5.73 Å². The topological polar surface area (TPSA) is 26.0 Å². The van der Waals surface area contributed by atoms with E-state index in [1.165, 1.54) is 16.7 Å². The van der Waals surface area contributed by atoms with Crippen molar-refractivity contribution in [1.29, 1.82) is 0 Å². The minimum atomic E-state index is 0.0950. The van der Waals surface area contributed by atoms with Gasteiger partial charge in [-0.05, 0) is 25.0 Å². The zero-order valence-electron chi connectivity index (χ0n) is 9.02. The van der Waals surface area contributed by atoms with Gasteiger partial charge in [0.15, 0.2) is 0 Å². The molecule has 1 aromatic rings. The van der Waals surface area contributed by atoms with Crippen LogP contribution < -0.4 is 5.73 Å². The molecule has 0 heterocycles. The van der Waals surface area contributed by atoms with Crippen molar-refractivity contribution in [3.05, 3.63) is 34.9 Å². The Morgan fingerprint density at radius 2 is 1.85 bits per heavy atom. The van der Waals surface area contributed by atoms with Crippen LogP contribution in [0.5, 0.6) is 0 Å². The van der Waals surface area contributed by atoms with E-state index in [2.05, 4.69) is 45.9 Å². The third-order valence-corrected chi connectivity index (χ3v) is 2.62. The number of hydrogen-bond acceptors (Lipinski definition) is 1. The molecule has 1 aromatic carbocycles. The maximum Gasteiger partial charge on any atom is 0.00216 e. The van der Waals surface area contributed by atoms with E-state index in [0.717, 1.165) is 0 Å². The lowest BCUT2D eigenvalue weighted by molar-refractivity contribution is 0.535. The van der Waals surface area contributed by atoms with E-state index in [0.29, 0.717) is 6.54 Å². The summed E-state index contributed by atoms with van der Waals surface area (Å²) in [6.07, 6.45) is 0. The first-order valence-corrected chi connectivity index (χ1v) is 4.75. The highest BCUT2D eigenvalue weighted by Gasteiger charge is 2.19. The number of hydrogen-bond donors (Lipinski definition) is 1. The monoisotopic (exact) mass is 177 g/mol. The van der Waals surface area contributed by atoms with Crippen molar-refractivity contribution >= 4 is 0 Å². The van der Waals surface area contributed by atoms with E-state index in [9.17, 15) is 0 Å². The Morgan fingerprint density at radius 1 is 1.23 bits per heavy atom. The quantitative estimate of drug-likeness (QED) is 0.738. The van der Waals surface area contributed by atoms with E-state index in [1.807, 2.05) is 0 Å². The molecule has 1 rings (SSSR count). The number of nitrogens with two attached hydrogens (primary N) is 1. The van der Waals surface area contributed by atoms with Crippen molar-refractivity contribution < 1.29 is 0 Å². The van der Waals surface area contributed by atoms with Crippen LogP contribution in [0.25, 0.3) is 0 Å². The van der Waals surface area contributed by atoms with Crippen LogP contribution in [0.4, 0.5) is 0 Å². The van der Waals surface area contributed by atoms with Gasteiger partial charge in [-0.3, -0.25) is 0 Å². The van der Waals surface area contributed by atoms with E-state index in [4.69, 9.17) is 5.73 Å². The maximum absolute atomic E-state index is 5.75. The summed E-state index contributed by atoms with van der Waals surface area (Å²) in [6, 6.07) is 6.56. The van der Waals surface area contributed by atoms with Crippen LogP contribution in [0.15, 0.2) is 18.2 Å². The lowest BCUT2D eigenvalue weighted by atomic mass is 9.82. The molecular formula is C12H19N. The Labute approximate surface area is 81.0 Å². The molecule has 0 amide bonds. The first-order chi connectivity index (χ1) is 5.97. The second-order valence-electron chi connectivity index (χ2n) is 4.41. The Balaban J connectivity index is 3.16. The van der Waals surface area contributed by atoms with Crippen molar-refractivity contribution in [3.8, 4) is 0 Å². The lowest BCUT2D eigenvalue weighted by Crippen LogP contribution is -2.28. The third kappa shape index (κ3) is 2.10. The molecule has 0 saturated heterocycles. The molecule has 13 heavy (non-hydrogen) atoms. The van der Waals surface area contributed by atoms with Gasteiger partial charge in [-0.25, -0.2) is 0 Å². The van der Waals surface area contributed by atoms with Gasteiger partial charge in [0.1, 0.15) is 0 Å². The van der Waals surface area contributed by atoms with Crippen LogP contribution >= 0.6 is 0 Å². The molecule has 0 aromatic heterocycles. The Bertz CT molecular complexity index is 300. The van der Waals surface area contributed by atoms with Crippen LogP contribution in [0, 0.1) is 13.8 Å². The zero-order chi connectivity index (χ0) is 10.1. The molecule has 0 aliphatic rings. The summed E-state index contributed by atoms with van der Waals surface area (Å²) < 4.78 is 0. The first kappa shape index (κ1) is 10.3. The van der Waals surface area contributed by atoms with Crippen molar-refractivity contribution in [1.82, 2.24) is 0 Å². The molecule has 0 bridgehead atoms. The highest BCUT2D eigenvalue weighted by atomic mass is 14.6. The Kier molecular flexibility index (Phi) is 2.77. The molecule has 0 aliphatic heterocycles. The highest BCUT2D eigenvalue weighted by molar-refractivity contribution is 5.35. The van der Waals surface area contributed by atoms with Gasteiger partial charge in [0, 0.05) is 12.0 Å². The van der Waals surface area contributed by atoms with Gasteiger partial charge in [-0.2, -0.15) is 0 Å². The molecule has 0 atom stereocenters. The molecule has 1 heteroatoms. The largest absolute Gasteiger partial charge is 0.330 e. The van der Waals surface area contributed by atoms with Crippen molar-refractivity contribution in [2.45, 2.75) is 33.1 Å². The standard InChI is InChI=1S/C12H19N/c1-9-5-6-11(10(2)7-9)12(3,4)8-13/h5-7H,8,13H2,1-4H3. The van der Waals surface area contributed by atoms with Crippen molar-refractivity contribution in [2.75, 3.05) is 6.54 Å². The molecule has 72 valence electrons. The minimum absolute atomic E-state index is 0.0950. The summed E-state index contributed by atoms with van der Waals surface area (Å²) in [5.41, 5.74) is 9.86. The normalized spacial score (nSPS) is 11.8. The smallest absolute Gasteiger partial charge is 0.00216 e. The highest BCUT2D eigenvalue weighted by Crippen LogP contribution is 2.25. The summed E-state index contributed by atoms with van der Waals surface area (Å²) in [7, 11) is 0. The van der Waals surface area contributed by atoms with E-state index < -0.39 is 0 Å². The first-order valence-electron chi connectivity index (χ1n) is 4.75. The molecule has 1 nitrogen and oxygen atoms in total. The third-order valence-electron chi connectivity index (χ3n) is 2.62. The molecule has 0 unspecified atom stereocenters. The van der Waals surface area contributed by atoms with Gasteiger partial charge >= 0.3 is 0 Å². The zero-order valence-corrected chi connectivity index (χ0v) is 9.02. The van der Waals surface area contributed by atoms with Crippen LogP contribution in [-0.4, -0.2) is 6.54 Å². The summed E-state index contributed by atoms with van der Waals surface area (Å²) in [4.78, 5) is 0. The van der Waals surface area contributed by atoms with Crippen LogP contribution in [0.1, 0.15) is 30.5 Å². The van der Waals surface area contributed by atoms with Crippen molar-refractivity contribution in [3.63, 3.8) is 0 Å². The van der Waals surface area contributed by atoms with Crippen LogP contribution in [0.3, 0.4) is 0 Å². The molecule has 0 fully saturated rings. The number of benzene rings is 1. The Morgan fingerprint density at radius 3 is 2.31 bits per heavy atom. The van der Waals surface area contributed by atoms with Crippen LogP contribution in [-0.2, 0) is 5.41 Å². The van der Waals surface area contributed by atoms with Crippen LogP contribution in [0.2, 0.25) is 0 Å². The van der Waals surface area contributed by atoms with E-state index in [-0.39, 0.29) is 5.41 Å². The SMILES string of the molecule is Cc1ccc(C(C)(C)CN)c(C)c1. The molecule has 0 aliphatic carbocycles. The van der Waals surface area contributed by atoms with E-state index >= 15 is 0 Å². The molecule has 2 N–H and O–H groups in total. The predicted molar refractivity (Wildman–Crippen MR) is 58.0 cm³/mol. The molecule has 0 spiro atoms. The van der Waals surface area contributed by atoms with Gasteiger partial charge < -0.3 is 5.73 Å². The molecule has 0 saturated carbocycles. The summed E-state index contributed by atoms with van der Waals surface area (Å²) in [5.74, 6) is 0. The predicted octanol–water partition coefficient (Wildman–Crippen LogP) is 2.54. The molecule has 0 radical (unpaired) electrons. The Hall–Kier alpha value is -0.820. The van der Waals surface area contributed by atoms with E-state index in [1.54, 1.807) is 0 Å². The second-order valence-corrected chi connectivity index (χ2v) is 4.41. The second kappa shape index (κ2) is 3.51. The minimum Gasteiger partial charge on any atom is -0.330 e. The fraction of sp³-hybridized carbons (Fsp3) is 0.500. The maximum atomic E-state index is 5.75. The average Bonchev–Trinajstić information content (AvgIpc) is 2.03. The fourth-order valence-electron chi connectivity index (χ4n) is 1.68. The summed E-state index contributed by atoms with van der Waals surface area (Å²) >= 11 is 0. The van der Waals surface area contributed by atoms with Gasteiger partial charge in [-0.1, -0.05) is 37.6 Å². The summed E-state index contributed by atoms with van der Waals surface area (Å²) in [5, 5.41) is 0. The number of rotatable bonds is 2. The average molecular weight is 177 g/mol. The van der Waals surface area contributed by atoms with Gasteiger partial charge in [-0.15, -0.1) is 0 Å². The van der Waals surface area contributed by atoms with Gasteiger partial charge in [0.25, 0.3) is 0 Å². The lowest BCUT2D eigenvalue weighted by Gasteiger charge is -2.25. The summed E-state index contributed by atoms with van der Waals surface area (Å²) in [6.45, 7) is 9.33. The van der Waals surface area contributed by atoms with Gasteiger partial charge in [0.05, 0.1) is 0 Å². The fourth-order valence-corrected chi connectivity index (χ4v) is 1.68. The van der Waals surface area contributed by atoms with Gasteiger partial charge in [0.2, 0.25) is 0 Å².